The third-order valence-corrected chi connectivity index (χ3v) is 4.79. The molecule has 0 saturated carbocycles. The average Bonchev–Trinajstić information content (AvgIpc) is 3.26. The minimum absolute atomic E-state index is 0.228. The largest absolute Gasteiger partial charge is 0.423 e. The first-order valence-corrected chi connectivity index (χ1v) is 8.37. The maximum Gasteiger partial charge on any atom is 0.273 e. The first-order valence-electron chi connectivity index (χ1n) is 7.58. The lowest BCUT2D eigenvalue weighted by Gasteiger charge is -2.09. The zero-order valence-electron chi connectivity index (χ0n) is 13.2. The van der Waals surface area contributed by atoms with Crippen LogP contribution in [0.5, 0.6) is 0 Å². The first kappa shape index (κ1) is 15.6. The van der Waals surface area contributed by atoms with Gasteiger partial charge < -0.3 is 14.7 Å². The number of benzene rings is 2. The molecule has 124 valence electrons. The number of H-pyrrole nitrogens is 1. The van der Waals surface area contributed by atoms with E-state index in [0.29, 0.717) is 17.3 Å². The summed E-state index contributed by atoms with van der Waals surface area (Å²) < 4.78 is 5.96. The van der Waals surface area contributed by atoms with Crippen LogP contribution in [0.4, 0.5) is 5.69 Å². The van der Waals surface area contributed by atoms with E-state index >= 15 is 0 Å². The molecule has 0 spiro atoms. The average molecular weight is 397 g/mol. The van der Waals surface area contributed by atoms with Crippen LogP contribution in [0.2, 0.25) is 0 Å². The van der Waals surface area contributed by atoms with Crippen molar-refractivity contribution in [2.45, 2.75) is 6.92 Å². The summed E-state index contributed by atoms with van der Waals surface area (Å²) in [6.07, 6.45) is 1.27. The molecular formula is C18H13BrN4O2. The van der Waals surface area contributed by atoms with E-state index in [1.807, 2.05) is 49.4 Å². The van der Waals surface area contributed by atoms with Crippen molar-refractivity contribution < 1.29 is 9.21 Å². The Morgan fingerprint density at radius 2 is 2.08 bits per heavy atom. The number of hydrogen-bond acceptors (Lipinski definition) is 4. The quantitative estimate of drug-likeness (QED) is 0.532. The van der Waals surface area contributed by atoms with Gasteiger partial charge in [0.15, 0.2) is 0 Å². The summed E-state index contributed by atoms with van der Waals surface area (Å²) in [6.45, 7) is 1.92. The zero-order chi connectivity index (χ0) is 17.4. The molecule has 2 aromatic heterocycles. The van der Waals surface area contributed by atoms with Gasteiger partial charge in [-0.3, -0.25) is 4.79 Å². The minimum Gasteiger partial charge on any atom is -0.423 e. The van der Waals surface area contributed by atoms with Crippen molar-refractivity contribution >= 4 is 38.4 Å². The van der Waals surface area contributed by atoms with Crippen LogP contribution >= 0.6 is 15.9 Å². The van der Waals surface area contributed by atoms with E-state index in [1.165, 1.54) is 6.39 Å². The fraction of sp³-hybridized carbons (Fsp3) is 0.0556. The molecule has 4 aromatic rings. The zero-order valence-corrected chi connectivity index (χ0v) is 14.8. The number of rotatable bonds is 3. The number of carbonyl (C=O) groups excluding carboxylic acids is 1. The van der Waals surface area contributed by atoms with Crippen LogP contribution in [0.15, 0.2) is 57.7 Å². The number of carbonyl (C=O) groups is 1. The highest BCUT2D eigenvalue weighted by atomic mass is 79.9. The summed E-state index contributed by atoms with van der Waals surface area (Å²) in [5, 5.41) is 11.5. The van der Waals surface area contributed by atoms with Crippen molar-refractivity contribution in [2.24, 2.45) is 0 Å². The number of aromatic nitrogens is 3. The van der Waals surface area contributed by atoms with Crippen molar-refractivity contribution in [3.8, 4) is 11.5 Å². The molecule has 0 bridgehead atoms. The predicted octanol–water partition coefficient (Wildman–Crippen LogP) is 4.54. The molecule has 0 aliphatic carbocycles. The Labute approximate surface area is 151 Å². The van der Waals surface area contributed by atoms with Crippen LogP contribution in [-0.2, 0) is 0 Å². The Balaban J connectivity index is 1.68. The van der Waals surface area contributed by atoms with E-state index in [9.17, 15) is 4.79 Å². The maximum absolute atomic E-state index is 12.7. The number of aryl methyl sites for hydroxylation is 1. The van der Waals surface area contributed by atoms with Gasteiger partial charge in [-0.1, -0.05) is 24.3 Å². The molecule has 0 atom stereocenters. The molecule has 2 N–H and O–H groups in total. The number of aromatic amines is 1. The Kier molecular flexibility index (Phi) is 3.85. The van der Waals surface area contributed by atoms with Gasteiger partial charge in [-0.2, -0.15) is 0 Å². The summed E-state index contributed by atoms with van der Waals surface area (Å²) in [5.41, 5.74) is 3.74. The number of fused-ring (bicyclic) bond motifs is 1. The lowest BCUT2D eigenvalue weighted by atomic mass is 10.1. The van der Waals surface area contributed by atoms with Gasteiger partial charge in [-0.05, 0) is 46.6 Å². The Morgan fingerprint density at radius 1 is 1.24 bits per heavy atom. The molecule has 7 heteroatoms. The Bertz CT molecular complexity index is 1070. The lowest BCUT2D eigenvalue weighted by molar-refractivity contribution is 0.102. The minimum atomic E-state index is -0.228. The van der Waals surface area contributed by atoms with Gasteiger partial charge >= 0.3 is 0 Å². The van der Waals surface area contributed by atoms with Gasteiger partial charge in [0.2, 0.25) is 12.3 Å². The topological polar surface area (TPSA) is 83.8 Å². The highest BCUT2D eigenvalue weighted by molar-refractivity contribution is 9.10. The highest BCUT2D eigenvalue weighted by Crippen LogP contribution is 2.29. The molecular weight excluding hydrogens is 384 g/mol. The second kappa shape index (κ2) is 6.18. The van der Waals surface area contributed by atoms with E-state index in [2.05, 4.69) is 36.4 Å². The van der Waals surface area contributed by atoms with Crippen LogP contribution in [0.25, 0.3) is 22.4 Å². The monoisotopic (exact) mass is 396 g/mol. The van der Waals surface area contributed by atoms with Gasteiger partial charge in [-0.25, -0.2) is 0 Å². The smallest absolute Gasteiger partial charge is 0.273 e. The third-order valence-electron chi connectivity index (χ3n) is 3.96. The molecule has 0 unspecified atom stereocenters. The van der Waals surface area contributed by atoms with E-state index < -0.39 is 0 Å². The molecule has 4 rings (SSSR count). The molecule has 2 heterocycles. The van der Waals surface area contributed by atoms with Crippen molar-refractivity contribution in [3.05, 3.63) is 64.6 Å². The molecule has 0 aliphatic heterocycles. The molecule has 0 aliphatic rings. The van der Waals surface area contributed by atoms with Crippen LogP contribution < -0.4 is 5.32 Å². The van der Waals surface area contributed by atoms with Crippen LogP contribution in [0.3, 0.4) is 0 Å². The molecule has 1 amide bonds. The molecule has 0 saturated heterocycles. The van der Waals surface area contributed by atoms with Crippen molar-refractivity contribution in [1.29, 1.82) is 0 Å². The second-order valence-electron chi connectivity index (χ2n) is 5.59. The number of nitrogens with zero attached hydrogens (tertiary/aromatic N) is 2. The normalized spacial score (nSPS) is 11.0. The number of nitrogens with one attached hydrogen (secondary N) is 2. The molecule has 6 nitrogen and oxygen atoms in total. The van der Waals surface area contributed by atoms with Crippen molar-refractivity contribution in [2.75, 3.05) is 5.32 Å². The van der Waals surface area contributed by atoms with Crippen molar-refractivity contribution in [3.63, 3.8) is 0 Å². The molecule has 2 aromatic carbocycles. The molecule has 0 fully saturated rings. The lowest BCUT2D eigenvalue weighted by Crippen LogP contribution is -2.13. The SMILES string of the molecule is Cc1ccc(-c2nnco2)cc1NC(=O)c1[nH]c2ccccc2c1Br. The van der Waals surface area contributed by atoms with Crippen LogP contribution in [0, 0.1) is 6.92 Å². The van der Waals surface area contributed by atoms with Gasteiger partial charge in [0.25, 0.3) is 5.91 Å². The van der Waals surface area contributed by atoms with E-state index in [0.717, 1.165) is 26.5 Å². The van der Waals surface area contributed by atoms with Gasteiger partial charge in [0.1, 0.15) is 5.69 Å². The van der Waals surface area contributed by atoms with Gasteiger partial charge in [0, 0.05) is 22.2 Å². The fourth-order valence-corrected chi connectivity index (χ4v) is 3.26. The number of anilines is 1. The standard InChI is InChI=1S/C18H13BrN4O2/c1-10-6-7-11(18-23-20-9-25-18)8-14(10)22-17(24)16-15(19)12-4-2-3-5-13(12)21-16/h2-9,21H,1H3,(H,22,24). The highest BCUT2D eigenvalue weighted by Gasteiger charge is 2.17. The molecule has 0 radical (unpaired) electrons. The second-order valence-corrected chi connectivity index (χ2v) is 6.38. The number of halogens is 1. The fourth-order valence-electron chi connectivity index (χ4n) is 2.64. The summed E-state index contributed by atoms with van der Waals surface area (Å²) in [7, 11) is 0. The molecule has 25 heavy (non-hydrogen) atoms. The number of para-hydroxylation sites is 1. The third kappa shape index (κ3) is 2.83. The van der Waals surface area contributed by atoms with E-state index in [1.54, 1.807) is 0 Å². The summed E-state index contributed by atoms with van der Waals surface area (Å²) in [4.78, 5) is 15.9. The number of hydrogen-bond donors (Lipinski definition) is 2. The van der Waals surface area contributed by atoms with Crippen LogP contribution in [0.1, 0.15) is 16.1 Å². The van der Waals surface area contributed by atoms with E-state index in [-0.39, 0.29) is 5.91 Å². The number of amides is 1. The Hall–Kier alpha value is -2.93. The summed E-state index contributed by atoms with van der Waals surface area (Å²) >= 11 is 3.50. The van der Waals surface area contributed by atoms with Crippen LogP contribution in [-0.4, -0.2) is 21.1 Å². The van der Waals surface area contributed by atoms with E-state index in [4.69, 9.17) is 4.42 Å². The Morgan fingerprint density at radius 3 is 2.84 bits per heavy atom. The van der Waals surface area contributed by atoms with Gasteiger partial charge in [0.05, 0.1) is 4.47 Å². The maximum atomic E-state index is 12.7. The predicted molar refractivity (Wildman–Crippen MR) is 98.4 cm³/mol. The van der Waals surface area contributed by atoms with Gasteiger partial charge in [-0.15, -0.1) is 10.2 Å². The summed E-state index contributed by atoms with van der Waals surface area (Å²) in [5.74, 6) is 0.177. The summed E-state index contributed by atoms with van der Waals surface area (Å²) in [6, 6.07) is 13.3. The first-order chi connectivity index (χ1) is 12.1. The van der Waals surface area contributed by atoms with Crippen molar-refractivity contribution in [1.82, 2.24) is 15.2 Å².